The lowest BCUT2D eigenvalue weighted by Gasteiger charge is -2.23. The van der Waals surface area contributed by atoms with Crippen LogP contribution in [-0.2, 0) is 44.8 Å². The molecule has 1 aromatic rings. The van der Waals surface area contributed by atoms with Gasteiger partial charge in [-0.3, -0.25) is 38.4 Å². The molecular formula is C25H34N6O11. The third-order valence-corrected chi connectivity index (χ3v) is 5.54. The number of benzene rings is 1. The molecule has 0 radical (unpaired) electrons. The first kappa shape index (κ1) is 35.0. The fourth-order valence-corrected chi connectivity index (χ4v) is 3.48. The highest BCUT2D eigenvalue weighted by Gasteiger charge is 2.28. The summed E-state index contributed by atoms with van der Waals surface area (Å²) >= 11 is 0. The van der Waals surface area contributed by atoms with Crippen molar-refractivity contribution in [1.82, 2.24) is 26.6 Å². The summed E-state index contributed by atoms with van der Waals surface area (Å²) in [5, 5.41) is 37.9. The Morgan fingerprint density at radius 3 is 1.64 bits per heavy atom. The largest absolute Gasteiger partial charge is 0.481 e. The van der Waals surface area contributed by atoms with Crippen molar-refractivity contribution in [2.45, 2.75) is 50.2 Å². The third-order valence-electron chi connectivity index (χ3n) is 5.54. The summed E-state index contributed by atoms with van der Waals surface area (Å²) in [6.07, 6.45) is -1.95. The molecule has 0 unspecified atom stereocenters. The van der Waals surface area contributed by atoms with Crippen molar-refractivity contribution in [2.75, 3.05) is 19.6 Å². The Hall–Kier alpha value is -5.06. The molecule has 42 heavy (non-hydrogen) atoms. The zero-order valence-electron chi connectivity index (χ0n) is 22.5. The van der Waals surface area contributed by atoms with E-state index in [-0.39, 0.29) is 13.0 Å². The minimum absolute atomic E-state index is 0.0748. The van der Waals surface area contributed by atoms with Gasteiger partial charge in [0.2, 0.25) is 29.5 Å². The molecule has 0 bridgehead atoms. The minimum Gasteiger partial charge on any atom is -0.481 e. The summed E-state index contributed by atoms with van der Waals surface area (Å²) in [6, 6.07) is 4.53. The molecule has 3 atom stereocenters. The highest BCUT2D eigenvalue weighted by atomic mass is 16.4. The quantitative estimate of drug-likeness (QED) is 0.0761. The number of carbonyl (C=O) groups is 8. The average molecular weight is 595 g/mol. The van der Waals surface area contributed by atoms with Crippen LogP contribution in [0.25, 0.3) is 0 Å². The van der Waals surface area contributed by atoms with Crippen LogP contribution in [0.1, 0.15) is 31.2 Å². The van der Waals surface area contributed by atoms with Gasteiger partial charge in [-0.25, -0.2) is 0 Å². The SMILES string of the molecule is NCC(=O)N[C@@H](Cc1ccccc1)C(=O)NCC(=O)N[C@@H](CCC(=O)O)C(=O)N[C@@H](CCC(=O)O)C(=O)NCC(=O)O. The van der Waals surface area contributed by atoms with E-state index in [1.54, 1.807) is 30.3 Å². The summed E-state index contributed by atoms with van der Waals surface area (Å²) in [5.41, 5.74) is 6.02. The monoisotopic (exact) mass is 594 g/mol. The Balaban J connectivity index is 2.93. The molecule has 1 aromatic carbocycles. The Morgan fingerprint density at radius 1 is 0.619 bits per heavy atom. The molecule has 17 nitrogen and oxygen atoms in total. The molecule has 0 aliphatic heterocycles. The van der Waals surface area contributed by atoms with E-state index in [1.807, 2.05) is 5.32 Å². The topological polar surface area (TPSA) is 283 Å². The lowest BCUT2D eigenvalue weighted by molar-refractivity contribution is -0.140. The van der Waals surface area contributed by atoms with Crippen LogP contribution in [0.3, 0.4) is 0 Å². The Bertz CT molecular complexity index is 1140. The van der Waals surface area contributed by atoms with E-state index in [2.05, 4.69) is 21.3 Å². The molecule has 0 saturated heterocycles. The van der Waals surface area contributed by atoms with Crippen molar-refractivity contribution in [3.63, 3.8) is 0 Å². The highest BCUT2D eigenvalue weighted by Crippen LogP contribution is 2.05. The number of nitrogens with two attached hydrogens (primary N) is 1. The number of carbonyl (C=O) groups excluding carboxylic acids is 5. The molecule has 17 heteroatoms. The van der Waals surface area contributed by atoms with Gasteiger partial charge in [-0.2, -0.15) is 0 Å². The molecule has 230 valence electrons. The molecule has 0 aromatic heterocycles. The summed E-state index contributed by atoms with van der Waals surface area (Å²) < 4.78 is 0. The van der Waals surface area contributed by atoms with Crippen LogP contribution >= 0.6 is 0 Å². The van der Waals surface area contributed by atoms with Gasteiger partial charge in [0.05, 0.1) is 13.1 Å². The first-order valence-corrected chi connectivity index (χ1v) is 12.7. The number of amides is 5. The van der Waals surface area contributed by atoms with Gasteiger partial charge in [0.25, 0.3) is 0 Å². The molecule has 10 N–H and O–H groups in total. The van der Waals surface area contributed by atoms with E-state index in [1.165, 1.54) is 0 Å². The summed E-state index contributed by atoms with van der Waals surface area (Å²) in [7, 11) is 0. The Kier molecular flexibility index (Phi) is 15.3. The predicted molar refractivity (Wildman–Crippen MR) is 142 cm³/mol. The summed E-state index contributed by atoms with van der Waals surface area (Å²) in [5.74, 6) is -8.35. The van der Waals surface area contributed by atoms with Crippen molar-refractivity contribution < 1.29 is 53.7 Å². The number of hydrogen-bond acceptors (Lipinski definition) is 9. The van der Waals surface area contributed by atoms with Crippen LogP contribution in [-0.4, -0.2) is 101 Å². The van der Waals surface area contributed by atoms with Crippen LogP contribution in [0.15, 0.2) is 30.3 Å². The zero-order chi connectivity index (χ0) is 31.7. The third kappa shape index (κ3) is 14.4. The number of hydrogen-bond donors (Lipinski definition) is 9. The van der Waals surface area contributed by atoms with Gasteiger partial charge < -0.3 is 47.6 Å². The maximum Gasteiger partial charge on any atom is 0.322 e. The number of carboxylic acids is 3. The van der Waals surface area contributed by atoms with Gasteiger partial charge in [-0.15, -0.1) is 0 Å². The molecule has 0 aliphatic carbocycles. The Morgan fingerprint density at radius 2 is 1.12 bits per heavy atom. The molecule has 5 amide bonds. The maximum absolute atomic E-state index is 12.9. The van der Waals surface area contributed by atoms with Crippen LogP contribution in [0.2, 0.25) is 0 Å². The van der Waals surface area contributed by atoms with Gasteiger partial charge in [0.15, 0.2) is 0 Å². The van der Waals surface area contributed by atoms with Gasteiger partial charge >= 0.3 is 17.9 Å². The molecule has 1 rings (SSSR count). The van der Waals surface area contributed by atoms with Gasteiger partial charge in [-0.1, -0.05) is 30.3 Å². The number of nitrogens with one attached hydrogen (secondary N) is 5. The lowest BCUT2D eigenvalue weighted by atomic mass is 10.1. The molecule has 0 saturated carbocycles. The van der Waals surface area contributed by atoms with Crippen LogP contribution in [0, 0.1) is 0 Å². The zero-order valence-corrected chi connectivity index (χ0v) is 22.5. The van der Waals surface area contributed by atoms with Crippen LogP contribution in [0.4, 0.5) is 0 Å². The lowest BCUT2D eigenvalue weighted by Crippen LogP contribution is -2.56. The number of carboxylic acid groups (broad SMARTS) is 3. The van der Waals surface area contributed by atoms with Crippen molar-refractivity contribution in [2.24, 2.45) is 5.73 Å². The van der Waals surface area contributed by atoms with E-state index in [0.717, 1.165) is 0 Å². The molecule has 0 heterocycles. The van der Waals surface area contributed by atoms with E-state index >= 15 is 0 Å². The average Bonchev–Trinajstić information content (AvgIpc) is 2.94. The second kappa shape index (κ2) is 18.3. The second-order valence-electron chi connectivity index (χ2n) is 8.89. The van der Waals surface area contributed by atoms with Crippen LogP contribution < -0.4 is 32.3 Å². The number of aliphatic carboxylic acids is 3. The van der Waals surface area contributed by atoms with Crippen molar-refractivity contribution in [3.05, 3.63) is 35.9 Å². The minimum atomic E-state index is -1.53. The molecule has 0 fully saturated rings. The summed E-state index contributed by atoms with van der Waals surface area (Å²) in [4.78, 5) is 95.2. The first-order valence-electron chi connectivity index (χ1n) is 12.7. The fourth-order valence-electron chi connectivity index (χ4n) is 3.48. The summed E-state index contributed by atoms with van der Waals surface area (Å²) in [6.45, 7) is -1.88. The van der Waals surface area contributed by atoms with Gasteiger partial charge in [0, 0.05) is 19.3 Å². The van der Waals surface area contributed by atoms with E-state index in [9.17, 15) is 38.4 Å². The molecule has 0 aliphatic rings. The van der Waals surface area contributed by atoms with Crippen molar-refractivity contribution >= 4 is 47.4 Å². The van der Waals surface area contributed by atoms with Gasteiger partial charge in [-0.05, 0) is 18.4 Å². The standard InChI is InChI=1S/C25H34N6O11/c26-11-18(32)30-17(10-14-4-2-1-3-5-14)24(41)27-12-19(33)29-16(7-9-21(36)37)25(42)31-15(6-8-20(34)35)23(40)28-13-22(38)39/h1-5,15-17H,6-13,26H2,(H,27,41)(H,28,40)(H,29,33)(H,30,32)(H,31,42)(H,34,35)(H,36,37)(H,38,39)/t15-,16-,17-/m0/s1. The fraction of sp³-hybridized carbons (Fsp3) is 0.440. The van der Waals surface area contributed by atoms with E-state index in [4.69, 9.17) is 21.1 Å². The smallest absolute Gasteiger partial charge is 0.322 e. The number of rotatable bonds is 19. The van der Waals surface area contributed by atoms with E-state index in [0.29, 0.717) is 5.56 Å². The predicted octanol–water partition coefficient (Wildman–Crippen LogP) is -3.31. The van der Waals surface area contributed by atoms with E-state index < -0.39 is 104 Å². The van der Waals surface area contributed by atoms with Crippen molar-refractivity contribution in [3.8, 4) is 0 Å². The van der Waals surface area contributed by atoms with Crippen molar-refractivity contribution in [1.29, 1.82) is 0 Å². The Labute approximate surface area is 239 Å². The normalized spacial score (nSPS) is 12.5. The maximum atomic E-state index is 12.9. The van der Waals surface area contributed by atoms with Crippen LogP contribution in [0.5, 0.6) is 0 Å². The highest BCUT2D eigenvalue weighted by molar-refractivity contribution is 5.95. The van der Waals surface area contributed by atoms with Gasteiger partial charge in [0.1, 0.15) is 24.7 Å². The molecule has 0 spiro atoms. The molecular weight excluding hydrogens is 560 g/mol. The first-order chi connectivity index (χ1) is 19.8. The second-order valence-corrected chi connectivity index (χ2v) is 8.89.